The Hall–Kier alpha value is -3.33. The fourth-order valence-electron chi connectivity index (χ4n) is 3.37. The molecule has 0 unspecified atom stereocenters. The van der Waals surface area contributed by atoms with Crippen molar-refractivity contribution in [2.45, 2.75) is 20.1 Å². The number of nitrogens with one attached hydrogen (secondary N) is 1. The maximum Gasteiger partial charge on any atom is 0.256 e. The van der Waals surface area contributed by atoms with Crippen LogP contribution >= 0.6 is 22.6 Å². The van der Waals surface area contributed by atoms with Crippen LogP contribution < -0.4 is 14.8 Å². The number of hydrogen-bond acceptors (Lipinski definition) is 4. The van der Waals surface area contributed by atoms with Gasteiger partial charge >= 0.3 is 0 Å². The Morgan fingerprint density at radius 2 is 1.79 bits per heavy atom. The standard InChI is InChI=1S/C26H24IN3O3/c1-18-14-25(28-26(31)20-8-11-23(32-2)12-9-20)29-30(18)16-21-15-22(27)10-13-24(21)33-17-19-6-4-3-5-7-19/h3-15H,16-17H2,1-2H3,(H,28,29,31). The number of benzene rings is 3. The molecule has 1 aromatic heterocycles. The third-order valence-electron chi connectivity index (χ3n) is 5.15. The van der Waals surface area contributed by atoms with E-state index in [1.807, 2.05) is 60.1 Å². The summed E-state index contributed by atoms with van der Waals surface area (Å²) in [4.78, 5) is 12.6. The minimum atomic E-state index is -0.219. The van der Waals surface area contributed by atoms with Gasteiger partial charge in [-0.1, -0.05) is 30.3 Å². The molecule has 0 bridgehead atoms. The van der Waals surface area contributed by atoms with Gasteiger partial charge in [-0.2, -0.15) is 5.10 Å². The molecule has 0 radical (unpaired) electrons. The Morgan fingerprint density at radius 1 is 1.03 bits per heavy atom. The number of aromatic nitrogens is 2. The third kappa shape index (κ3) is 5.92. The van der Waals surface area contributed by atoms with Gasteiger partial charge in [0.25, 0.3) is 5.91 Å². The van der Waals surface area contributed by atoms with E-state index >= 15 is 0 Å². The SMILES string of the molecule is COc1ccc(C(=O)Nc2cc(C)n(Cc3cc(I)ccc3OCc3ccccc3)n2)cc1. The first-order valence-corrected chi connectivity index (χ1v) is 11.5. The van der Waals surface area contributed by atoms with Crippen molar-refractivity contribution in [1.29, 1.82) is 0 Å². The molecular weight excluding hydrogens is 529 g/mol. The van der Waals surface area contributed by atoms with Crippen LogP contribution in [0.25, 0.3) is 0 Å². The molecule has 0 fully saturated rings. The second-order valence-electron chi connectivity index (χ2n) is 7.54. The third-order valence-corrected chi connectivity index (χ3v) is 5.83. The van der Waals surface area contributed by atoms with Gasteiger partial charge < -0.3 is 14.8 Å². The van der Waals surface area contributed by atoms with Crippen LogP contribution in [0.4, 0.5) is 5.82 Å². The number of methoxy groups -OCH3 is 1. The van der Waals surface area contributed by atoms with Crippen molar-refractivity contribution < 1.29 is 14.3 Å². The first-order valence-electron chi connectivity index (χ1n) is 10.5. The van der Waals surface area contributed by atoms with Gasteiger partial charge in [0.1, 0.15) is 18.1 Å². The predicted octanol–water partition coefficient (Wildman–Crippen LogP) is 5.68. The topological polar surface area (TPSA) is 65.4 Å². The molecule has 33 heavy (non-hydrogen) atoms. The van der Waals surface area contributed by atoms with Crippen molar-refractivity contribution in [2.75, 3.05) is 12.4 Å². The van der Waals surface area contributed by atoms with Crippen LogP contribution in [0.2, 0.25) is 0 Å². The number of carbonyl (C=O) groups is 1. The molecule has 0 spiro atoms. The van der Waals surface area contributed by atoms with E-state index in [1.165, 1.54) is 0 Å². The van der Waals surface area contributed by atoms with Crippen LogP contribution in [0, 0.1) is 10.5 Å². The first kappa shape index (κ1) is 22.8. The van der Waals surface area contributed by atoms with Gasteiger partial charge in [0.15, 0.2) is 5.82 Å². The van der Waals surface area contributed by atoms with Gasteiger partial charge in [0, 0.05) is 26.5 Å². The number of carbonyl (C=O) groups excluding carboxylic acids is 1. The maximum absolute atomic E-state index is 12.6. The fourth-order valence-corrected chi connectivity index (χ4v) is 3.93. The van der Waals surface area contributed by atoms with E-state index in [0.29, 0.717) is 30.3 Å². The molecule has 6 nitrogen and oxygen atoms in total. The van der Waals surface area contributed by atoms with Gasteiger partial charge in [-0.05, 0) is 77.5 Å². The van der Waals surface area contributed by atoms with Crippen LogP contribution in [0.1, 0.15) is 27.2 Å². The molecule has 0 aliphatic heterocycles. The second kappa shape index (κ2) is 10.5. The maximum atomic E-state index is 12.6. The molecule has 1 N–H and O–H groups in total. The van der Waals surface area contributed by atoms with Crippen molar-refractivity contribution in [3.63, 3.8) is 0 Å². The van der Waals surface area contributed by atoms with Gasteiger partial charge in [-0.3, -0.25) is 9.48 Å². The van der Waals surface area contributed by atoms with Gasteiger partial charge in [0.05, 0.1) is 13.7 Å². The van der Waals surface area contributed by atoms with Gasteiger partial charge in [0.2, 0.25) is 0 Å². The summed E-state index contributed by atoms with van der Waals surface area (Å²) in [5, 5.41) is 7.47. The normalized spacial score (nSPS) is 10.6. The number of halogens is 1. The van der Waals surface area contributed by atoms with Crippen LogP contribution in [0.3, 0.4) is 0 Å². The van der Waals surface area contributed by atoms with E-state index in [9.17, 15) is 4.79 Å². The minimum absolute atomic E-state index is 0.219. The van der Waals surface area contributed by atoms with Crippen molar-refractivity contribution in [3.05, 3.63) is 105 Å². The molecule has 3 aromatic carbocycles. The zero-order valence-corrected chi connectivity index (χ0v) is 20.6. The Bertz CT molecular complexity index is 1240. The summed E-state index contributed by atoms with van der Waals surface area (Å²) >= 11 is 2.29. The Labute approximate surface area is 206 Å². The van der Waals surface area contributed by atoms with E-state index in [4.69, 9.17) is 9.47 Å². The number of ether oxygens (including phenoxy) is 2. The van der Waals surface area contributed by atoms with Gasteiger partial charge in [-0.15, -0.1) is 0 Å². The lowest BCUT2D eigenvalue weighted by molar-refractivity contribution is 0.102. The van der Waals surface area contributed by atoms with E-state index in [1.54, 1.807) is 31.4 Å². The highest BCUT2D eigenvalue weighted by atomic mass is 127. The smallest absolute Gasteiger partial charge is 0.256 e. The largest absolute Gasteiger partial charge is 0.497 e. The molecule has 4 rings (SSSR count). The van der Waals surface area contributed by atoms with Crippen molar-refractivity contribution in [3.8, 4) is 11.5 Å². The number of hydrogen-bond donors (Lipinski definition) is 1. The van der Waals surface area contributed by atoms with E-state index in [2.05, 4.69) is 39.1 Å². The fraction of sp³-hybridized carbons (Fsp3) is 0.154. The molecule has 1 amide bonds. The number of amides is 1. The zero-order chi connectivity index (χ0) is 23.2. The lowest BCUT2D eigenvalue weighted by Crippen LogP contribution is -2.13. The summed E-state index contributed by atoms with van der Waals surface area (Å²) in [6, 6.07) is 25.0. The quantitative estimate of drug-likeness (QED) is 0.285. The molecule has 0 aliphatic carbocycles. The predicted molar refractivity (Wildman–Crippen MR) is 137 cm³/mol. The molecule has 0 saturated carbocycles. The average Bonchev–Trinajstić information content (AvgIpc) is 3.17. The average molecular weight is 553 g/mol. The minimum Gasteiger partial charge on any atom is -0.497 e. The first-order chi connectivity index (χ1) is 16.0. The Balaban J connectivity index is 1.48. The summed E-state index contributed by atoms with van der Waals surface area (Å²) in [5.74, 6) is 1.81. The molecular formula is C26H24IN3O3. The van der Waals surface area contributed by atoms with Gasteiger partial charge in [-0.25, -0.2) is 0 Å². The second-order valence-corrected chi connectivity index (χ2v) is 8.78. The molecule has 168 valence electrons. The Kier molecular flexibility index (Phi) is 7.29. The number of nitrogens with zero attached hydrogens (tertiary/aromatic N) is 2. The number of aryl methyl sites for hydroxylation is 1. The molecule has 7 heteroatoms. The highest BCUT2D eigenvalue weighted by Crippen LogP contribution is 2.24. The zero-order valence-electron chi connectivity index (χ0n) is 18.4. The van der Waals surface area contributed by atoms with E-state index in [-0.39, 0.29) is 5.91 Å². The molecule has 0 aliphatic rings. The highest BCUT2D eigenvalue weighted by Gasteiger charge is 2.13. The van der Waals surface area contributed by atoms with Crippen LogP contribution in [0.15, 0.2) is 78.9 Å². The summed E-state index contributed by atoms with van der Waals surface area (Å²) in [6.45, 7) is 3.00. The number of anilines is 1. The monoisotopic (exact) mass is 553 g/mol. The van der Waals surface area contributed by atoms with Crippen molar-refractivity contribution in [1.82, 2.24) is 9.78 Å². The van der Waals surface area contributed by atoms with Crippen molar-refractivity contribution >= 4 is 34.3 Å². The van der Waals surface area contributed by atoms with E-state index in [0.717, 1.165) is 26.1 Å². The summed E-state index contributed by atoms with van der Waals surface area (Å²) in [6.07, 6.45) is 0. The molecule has 0 saturated heterocycles. The Morgan fingerprint density at radius 3 is 2.52 bits per heavy atom. The molecule has 1 heterocycles. The van der Waals surface area contributed by atoms with Crippen LogP contribution in [-0.4, -0.2) is 22.8 Å². The summed E-state index contributed by atoms with van der Waals surface area (Å²) < 4.78 is 14.2. The highest BCUT2D eigenvalue weighted by molar-refractivity contribution is 14.1. The molecule has 4 aromatic rings. The lowest BCUT2D eigenvalue weighted by Gasteiger charge is -2.13. The van der Waals surface area contributed by atoms with Crippen molar-refractivity contribution in [2.24, 2.45) is 0 Å². The molecule has 0 atom stereocenters. The van der Waals surface area contributed by atoms with Crippen LogP contribution in [0.5, 0.6) is 11.5 Å². The van der Waals surface area contributed by atoms with Crippen LogP contribution in [-0.2, 0) is 13.2 Å². The number of rotatable bonds is 8. The summed E-state index contributed by atoms with van der Waals surface area (Å²) in [7, 11) is 1.59. The summed E-state index contributed by atoms with van der Waals surface area (Å²) in [5.41, 5.74) is 3.61. The lowest BCUT2D eigenvalue weighted by atomic mass is 10.2. The van der Waals surface area contributed by atoms with E-state index < -0.39 is 0 Å².